The number of carbonyl (C=O) groups is 1. The minimum atomic E-state index is -0.471. The first kappa shape index (κ1) is 19.6. The van der Waals surface area contributed by atoms with Gasteiger partial charge < -0.3 is 14.0 Å². The highest BCUT2D eigenvalue weighted by molar-refractivity contribution is 7.16. The van der Waals surface area contributed by atoms with E-state index in [-0.39, 0.29) is 11.3 Å². The molecule has 0 unspecified atom stereocenters. The van der Waals surface area contributed by atoms with Crippen LogP contribution in [0.4, 0.5) is 5.69 Å². The Morgan fingerprint density at radius 1 is 1.25 bits per heavy atom. The van der Waals surface area contributed by atoms with Crippen molar-refractivity contribution in [1.82, 2.24) is 4.57 Å². The number of para-hydroxylation sites is 1. The zero-order valence-corrected chi connectivity index (χ0v) is 16.5. The summed E-state index contributed by atoms with van der Waals surface area (Å²) in [6.07, 6.45) is 0.826. The Bertz CT molecular complexity index is 1120. The molecule has 8 nitrogen and oxygen atoms in total. The van der Waals surface area contributed by atoms with Gasteiger partial charge in [0, 0.05) is 18.7 Å². The first-order valence-electron chi connectivity index (χ1n) is 8.58. The van der Waals surface area contributed by atoms with Gasteiger partial charge in [0.05, 0.1) is 34.9 Å². The highest BCUT2D eigenvalue weighted by Gasteiger charge is 2.17. The summed E-state index contributed by atoms with van der Waals surface area (Å²) in [4.78, 5) is 28.2. The molecular formula is C19H19N3O5S. The molecule has 3 rings (SSSR count). The number of ether oxygens (including phenoxy) is 2. The number of thiazole rings is 1. The Morgan fingerprint density at radius 2 is 2.04 bits per heavy atom. The number of benzene rings is 2. The topological polar surface area (TPSA) is 96.0 Å². The zero-order chi connectivity index (χ0) is 20.3. The van der Waals surface area contributed by atoms with E-state index in [1.165, 1.54) is 37.7 Å². The average molecular weight is 401 g/mol. The summed E-state index contributed by atoms with van der Waals surface area (Å²) in [5, 5.41) is 11.1. The molecular weight excluding hydrogens is 382 g/mol. The third-order valence-corrected chi connectivity index (χ3v) is 5.20. The van der Waals surface area contributed by atoms with Gasteiger partial charge in [0.25, 0.3) is 11.6 Å². The summed E-state index contributed by atoms with van der Waals surface area (Å²) in [6.45, 7) is 2.65. The Morgan fingerprint density at radius 3 is 2.68 bits per heavy atom. The fourth-order valence-electron chi connectivity index (χ4n) is 2.90. The van der Waals surface area contributed by atoms with Crippen LogP contribution in [0.5, 0.6) is 11.5 Å². The van der Waals surface area contributed by atoms with Crippen molar-refractivity contribution in [2.75, 3.05) is 14.2 Å². The number of fused-ring (bicyclic) bond motifs is 1. The smallest absolute Gasteiger partial charge is 0.283 e. The van der Waals surface area contributed by atoms with Crippen LogP contribution < -0.4 is 14.3 Å². The second-order valence-electron chi connectivity index (χ2n) is 5.90. The largest absolute Gasteiger partial charge is 0.493 e. The van der Waals surface area contributed by atoms with Crippen LogP contribution >= 0.6 is 11.3 Å². The molecule has 0 radical (unpaired) electrons. The Labute approximate surface area is 164 Å². The van der Waals surface area contributed by atoms with Crippen molar-refractivity contribution in [3.05, 3.63) is 56.9 Å². The van der Waals surface area contributed by atoms with E-state index in [4.69, 9.17) is 9.47 Å². The maximum Gasteiger partial charge on any atom is 0.283 e. The molecule has 0 aliphatic heterocycles. The molecule has 0 spiro atoms. The van der Waals surface area contributed by atoms with E-state index >= 15 is 0 Å². The van der Waals surface area contributed by atoms with Gasteiger partial charge in [-0.25, -0.2) is 0 Å². The monoisotopic (exact) mass is 401 g/mol. The fraction of sp³-hybridized carbons (Fsp3) is 0.263. The minimum absolute atomic E-state index is 0.00439. The summed E-state index contributed by atoms with van der Waals surface area (Å²) in [7, 11) is 2.96. The third kappa shape index (κ3) is 3.61. The molecule has 146 valence electrons. The molecule has 0 N–H and O–H groups in total. The fourth-order valence-corrected chi connectivity index (χ4v) is 3.99. The molecule has 0 saturated carbocycles. The van der Waals surface area contributed by atoms with Gasteiger partial charge in [-0.1, -0.05) is 24.3 Å². The SMILES string of the molecule is CCCn1c(=NC(=O)c2cccc(OC)c2OC)sc2cc([N+](=O)[O-])ccc21. The van der Waals surface area contributed by atoms with E-state index in [0.717, 1.165) is 11.9 Å². The zero-order valence-electron chi connectivity index (χ0n) is 15.7. The molecule has 0 aliphatic carbocycles. The van der Waals surface area contributed by atoms with Crippen LogP contribution in [0, 0.1) is 10.1 Å². The summed E-state index contributed by atoms with van der Waals surface area (Å²) in [6, 6.07) is 9.66. The highest BCUT2D eigenvalue weighted by atomic mass is 32.1. The van der Waals surface area contributed by atoms with E-state index in [2.05, 4.69) is 4.99 Å². The summed E-state index contributed by atoms with van der Waals surface area (Å²) in [5.74, 6) is 0.288. The van der Waals surface area contributed by atoms with Gasteiger partial charge in [-0.3, -0.25) is 14.9 Å². The van der Waals surface area contributed by atoms with Crippen LogP contribution in [0.2, 0.25) is 0 Å². The van der Waals surface area contributed by atoms with Gasteiger partial charge in [0.15, 0.2) is 16.3 Å². The number of hydrogen-bond donors (Lipinski definition) is 0. The standard InChI is InChI=1S/C19H19N3O5S/c1-4-10-21-14-9-8-12(22(24)25)11-16(14)28-19(21)20-18(23)13-6-5-7-15(26-2)17(13)27-3/h5-9,11H,4,10H2,1-3H3. The predicted molar refractivity (Wildman–Crippen MR) is 106 cm³/mol. The van der Waals surface area contributed by atoms with Crippen molar-refractivity contribution in [3.63, 3.8) is 0 Å². The van der Waals surface area contributed by atoms with Crippen molar-refractivity contribution in [3.8, 4) is 11.5 Å². The molecule has 1 heterocycles. The normalized spacial score (nSPS) is 11.6. The number of nitro groups is 1. The maximum atomic E-state index is 12.9. The molecule has 0 saturated heterocycles. The number of methoxy groups -OCH3 is 2. The van der Waals surface area contributed by atoms with Crippen LogP contribution in [0.1, 0.15) is 23.7 Å². The number of nitro benzene ring substituents is 1. The van der Waals surface area contributed by atoms with E-state index in [1.54, 1.807) is 24.3 Å². The number of amides is 1. The van der Waals surface area contributed by atoms with Crippen LogP contribution in [-0.4, -0.2) is 29.6 Å². The van der Waals surface area contributed by atoms with E-state index in [1.807, 2.05) is 11.5 Å². The van der Waals surface area contributed by atoms with Gasteiger partial charge in [-0.2, -0.15) is 4.99 Å². The molecule has 0 atom stereocenters. The van der Waals surface area contributed by atoms with Crippen molar-refractivity contribution < 1.29 is 19.2 Å². The number of aromatic nitrogens is 1. The number of non-ortho nitro benzene ring substituents is 1. The van der Waals surface area contributed by atoms with Crippen LogP contribution in [-0.2, 0) is 6.54 Å². The molecule has 0 aliphatic rings. The first-order chi connectivity index (χ1) is 13.5. The number of aryl methyl sites for hydroxylation is 1. The second kappa shape index (κ2) is 8.22. The van der Waals surface area contributed by atoms with Crippen molar-refractivity contribution in [2.24, 2.45) is 4.99 Å². The minimum Gasteiger partial charge on any atom is -0.493 e. The Hall–Kier alpha value is -3.20. The third-order valence-electron chi connectivity index (χ3n) is 4.15. The highest BCUT2D eigenvalue weighted by Crippen LogP contribution is 2.31. The van der Waals surface area contributed by atoms with E-state index in [9.17, 15) is 14.9 Å². The van der Waals surface area contributed by atoms with Crippen LogP contribution in [0.25, 0.3) is 10.2 Å². The number of rotatable bonds is 6. The lowest BCUT2D eigenvalue weighted by Gasteiger charge is -2.10. The Kier molecular flexibility index (Phi) is 5.74. The quantitative estimate of drug-likeness (QED) is 0.463. The maximum absolute atomic E-state index is 12.9. The molecule has 3 aromatic rings. The number of hydrogen-bond acceptors (Lipinski definition) is 6. The summed E-state index contributed by atoms with van der Waals surface area (Å²) in [5.41, 5.74) is 1.10. The lowest BCUT2D eigenvalue weighted by molar-refractivity contribution is -0.384. The summed E-state index contributed by atoms with van der Waals surface area (Å²) >= 11 is 1.24. The van der Waals surface area contributed by atoms with Crippen molar-refractivity contribution in [2.45, 2.75) is 19.9 Å². The molecule has 1 aromatic heterocycles. The van der Waals surface area contributed by atoms with Gasteiger partial charge in [0.1, 0.15) is 0 Å². The summed E-state index contributed by atoms with van der Waals surface area (Å²) < 4.78 is 13.2. The van der Waals surface area contributed by atoms with Gasteiger partial charge >= 0.3 is 0 Å². The second-order valence-corrected chi connectivity index (χ2v) is 6.91. The van der Waals surface area contributed by atoms with E-state index < -0.39 is 10.8 Å². The van der Waals surface area contributed by atoms with Crippen LogP contribution in [0.15, 0.2) is 41.4 Å². The first-order valence-corrected chi connectivity index (χ1v) is 9.39. The van der Waals surface area contributed by atoms with Gasteiger partial charge in [0.2, 0.25) is 0 Å². The van der Waals surface area contributed by atoms with Crippen molar-refractivity contribution in [1.29, 1.82) is 0 Å². The van der Waals surface area contributed by atoms with E-state index in [0.29, 0.717) is 27.5 Å². The molecule has 2 aromatic carbocycles. The van der Waals surface area contributed by atoms with Crippen molar-refractivity contribution >= 4 is 33.1 Å². The predicted octanol–water partition coefficient (Wildman–Crippen LogP) is 3.78. The number of nitrogens with zero attached hydrogens (tertiary/aromatic N) is 3. The Balaban J connectivity index is 2.17. The lowest BCUT2D eigenvalue weighted by Crippen LogP contribution is -2.17. The molecule has 1 amide bonds. The molecule has 9 heteroatoms. The average Bonchev–Trinajstić information content (AvgIpc) is 3.03. The molecule has 0 bridgehead atoms. The molecule has 0 fully saturated rings. The number of carbonyl (C=O) groups excluding carboxylic acids is 1. The van der Waals surface area contributed by atoms with Crippen LogP contribution in [0.3, 0.4) is 0 Å². The molecule has 28 heavy (non-hydrogen) atoms. The van der Waals surface area contributed by atoms with Gasteiger partial charge in [-0.05, 0) is 24.6 Å². The lowest BCUT2D eigenvalue weighted by atomic mass is 10.2. The van der Waals surface area contributed by atoms with Gasteiger partial charge in [-0.15, -0.1) is 0 Å².